The second-order valence-electron chi connectivity index (χ2n) is 8.10. The molecule has 1 amide bonds. The number of nitrogens with zero attached hydrogens (tertiary/aromatic N) is 5. The molecule has 3 aromatic rings. The quantitative estimate of drug-likeness (QED) is 0.424. The van der Waals surface area contributed by atoms with Gasteiger partial charge in [-0.05, 0) is 42.0 Å². The van der Waals surface area contributed by atoms with Gasteiger partial charge in [-0.1, -0.05) is 6.07 Å². The van der Waals surface area contributed by atoms with E-state index >= 15 is 0 Å². The van der Waals surface area contributed by atoms with Gasteiger partial charge in [0.15, 0.2) is 17.3 Å². The molecule has 13 heteroatoms. The number of aromatic nitrogens is 5. The van der Waals surface area contributed by atoms with Crippen LogP contribution in [0.5, 0.6) is 5.75 Å². The van der Waals surface area contributed by atoms with Crippen LogP contribution in [0.1, 0.15) is 21.7 Å². The van der Waals surface area contributed by atoms with E-state index in [1.165, 1.54) is 24.0 Å². The number of rotatable bonds is 9. The third kappa shape index (κ3) is 6.05. The zero-order valence-electron chi connectivity index (χ0n) is 19.7. The molecule has 1 fully saturated rings. The highest BCUT2D eigenvalue weighted by atomic mass is 19.1. The summed E-state index contributed by atoms with van der Waals surface area (Å²) in [7, 11) is 1.37. The van der Waals surface area contributed by atoms with Crippen molar-refractivity contribution >= 4 is 11.7 Å². The minimum absolute atomic E-state index is 0.0400. The predicted molar refractivity (Wildman–Crippen MR) is 121 cm³/mol. The van der Waals surface area contributed by atoms with E-state index in [0.717, 1.165) is 0 Å². The monoisotopic (exact) mass is 500 g/mol. The molecule has 2 aromatic heterocycles. The van der Waals surface area contributed by atoms with E-state index in [1.807, 2.05) is 0 Å². The second kappa shape index (κ2) is 11.3. The summed E-state index contributed by atoms with van der Waals surface area (Å²) in [6.07, 6.45) is -1.17. The summed E-state index contributed by atoms with van der Waals surface area (Å²) in [5.41, 5.74) is 1.97. The van der Waals surface area contributed by atoms with Gasteiger partial charge in [0.1, 0.15) is 24.5 Å². The number of Topliss-reactive ketones (excluding diaryl/α,β-unsaturated/α-hetero) is 1. The van der Waals surface area contributed by atoms with Gasteiger partial charge >= 0.3 is 0 Å². The fourth-order valence-electron chi connectivity index (χ4n) is 3.56. The number of hydrogen-bond donors (Lipinski definition) is 2. The van der Waals surface area contributed by atoms with Crippen LogP contribution < -0.4 is 10.1 Å². The lowest BCUT2D eigenvalue weighted by atomic mass is 10.1. The van der Waals surface area contributed by atoms with Gasteiger partial charge in [-0.2, -0.15) is 4.80 Å². The lowest BCUT2D eigenvalue weighted by Gasteiger charge is -2.27. The van der Waals surface area contributed by atoms with Crippen molar-refractivity contribution in [1.82, 2.24) is 30.5 Å². The Labute approximate surface area is 205 Å². The number of halogens is 1. The predicted octanol–water partition coefficient (Wildman–Crippen LogP) is 0.467. The number of ether oxygens (including phenoxy) is 3. The van der Waals surface area contributed by atoms with Crippen molar-refractivity contribution in [3.05, 3.63) is 53.1 Å². The van der Waals surface area contributed by atoms with Gasteiger partial charge in [0.2, 0.25) is 5.82 Å². The van der Waals surface area contributed by atoms with Crippen molar-refractivity contribution in [1.29, 1.82) is 0 Å². The molecule has 3 heterocycles. The lowest BCUT2D eigenvalue weighted by molar-refractivity contribution is -0.163. The molecule has 12 nitrogen and oxygen atoms in total. The number of pyridine rings is 1. The number of benzene rings is 1. The second-order valence-corrected chi connectivity index (χ2v) is 8.10. The molecule has 36 heavy (non-hydrogen) atoms. The highest BCUT2D eigenvalue weighted by Crippen LogP contribution is 2.19. The molecule has 190 valence electrons. The number of methoxy groups -OCH3 is 1. The van der Waals surface area contributed by atoms with Crippen LogP contribution >= 0.6 is 0 Å². The maximum atomic E-state index is 13.6. The van der Waals surface area contributed by atoms with Gasteiger partial charge in [-0.3, -0.25) is 9.59 Å². The van der Waals surface area contributed by atoms with Gasteiger partial charge < -0.3 is 24.6 Å². The summed E-state index contributed by atoms with van der Waals surface area (Å²) in [6, 6.07) is 7.63. The topological polar surface area (TPSA) is 151 Å². The van der Waals surface area contributed by atoms with Crippen LogP contribution in [0.3, 0.4) is 0 Å². The van der Waals surface area contributed by atoms with Crippen LogP contribution in [0, 0.1) is 12.7 Å². The number of hydrogen-bond acceptors (Lipinski definition) is 10. The maximum Gasteiger partial charge on any atom is 0.270 e. The van der Waals surface area contributed by atoms with Crippen LogP contribution in [-0.2, 0) is 27.4 Å². The van der Waals surface area contributed by atoms with Crippen LogP contribution in [0.15, 0.2) is 30.3 Å². The highest BCUT2D eigenvalue weighted by molar-refractivity contribution is 5.93. The van der Waals surface area contributed by atoms with Crippen molar-refractivity contribution in [3.63, 3.8) is 0 Å². The Balaban J connectivity index is 1.39. The summed E-state index contributed by atoms with van der Waals surface area (Å²) < 4.78 is 29.6. The first-order chi connectivity index (χ1) is 17.4. The van der Waals surface area contributed by atoms with Gasteiger partial charge in [-0.15, -0.1) is 10.2 Å². The first kappa shape index (κ1) is 25.3. The normalized spacial score (nSPS) is 17.6. The molecular weight excluding hydrogens is 475 g/mol. The summed E-state index contributed by atoms with van der Waals surface area (Å²) in [4.78, 5) is 29.9. The Morgan fingerprint density at radius 1 is 1.25 bits per heavy atom. The third-order valence-corrected chi connectivity index (χ3v) is 5.41. The van der Waals surface area contributed by atoms with Crippen LogP contribution in [0.4, 0.5) is 4.39 Å². The van der Waals surface area contributed by atoms with Gasteiger partial charge in [0.25, 0.3) is 5.91 Å². The fraction of sp³-hybridized carbons (Fsp3) is 0.391. The van der Waals surface area contributed by atoms with E-state index in [-0.39, 0.29) is 43.9 Å². The molecule has 0 saturated carbocycles. The zero-order chi connectivity index (χ0) is 25.7. The van der Waals surface area contributed by atoms with Crippen molar-refractivity contribution in [3.8, 4) is 17.1 Å². The average Bonchev–Trinajstić information content (AvgIpc) is 3.36. The fourth-order valence-corrected chi connectivity index (χ4v) is 3.56. The standard InChI is InChI=1S/C23H25FN6O6/c1-13-5-15(7-18(26-13)23(33)25-8-14-3-4-17(24)20(6-14)34-2)22-27-29-30(28-22)9-16-11-36-21(12-35-16)19(32)10-31/h3-7,16,21,31H,8-12H2,1-2H3,(H,25,33)/t16-,21-/m0/s1. The van der Waals surface area contributed by atoms with E-state index in [4.69, 9.17) is 19.3 Å². The molecule has 1 aliphatic heterocycles. The SMILES string of the molecule is COc1cc(CNC(=O)c2cc(-c3nnn(C[C@H]4CO[C@H](C(=O)CO)CO4)n3)cc(C)n2)ccc1F. The minimum atomic E-state index is -0.778. The largest absolute Gasteiger partial charge is 0.494 e. The molecular formula is C23H25FN6O6. The van der Waals surface area contributed by atoms with Crippen LogP contribution in [0.25, 0.3) is 11.4 Å². The third-order valence-electron chi connectivity index (χ3n) is 5.41. The first-order valence-electron chi connectivity index (χ1n) is 11.1. The molecule has 0 aliphatic carbocycles. The summed E-state index contributed by atoms with van der Waals surface area (Å²) in [6.45, 7) is 1.73. The molecule has 1 aromatic carbocycles. The summed E-state index contributed by atoms with van der Waals surface area (Å²) >= 11 is 0. The number of carbonyl (C=O) groups excluding carboxylic acids is 2. The highest BCUT2D eigenvalue weighted by Gasteiger charge is 2.28. The number of aliphatic hydroxyl groups excluding tert-OH is 1. The van der Waals surface area contributed by atoms with Crippen molar-refractivity contribution < 1.29 is 33.3 Å². The Bertz CT molecular complexity index is 1240. The van der Waals surface area contributed by atoms with E-state index < -0.39 is 30.2 Å². The zero-order valence-corrected chi connectivity index (χ0v) is 19.7. The first-order valence-corrected chi connectivity index (χ1v) is 11.1. The van der Waals surface area contributed by atoms with Crippen molar-refractivity contribution in [2.45, 2.75) is 32.2 Å². The Hall–Kier alpha value is -3.81. The van der Waals surface area contributed by atoms with Gasteiger partial charge in [0.05, 0.1) is 26.9 Å². The summed E-state index contributed by atoms with van der Waals surface area (Å²) in [5.74, 6) is -0.949. The van der Waals surface area contributed by atoms with E-state index in [0.29, 0.717) is 22.6 Å². The number of amides is 1. The van der Waals surface area contributed by atoms with E-state index in [9.17, 15) is 14.0 Å². The number of carbonyl (C=O) groups is 2. The van der Waals surface area contributed by atoms with E-state index in [2.05, 4.69) is 25.7 Å². The maximum absolute atomic E-state index is 13.6. The molecule has 0 radical (unpaired) electrons. The van der Waals surface area contributed by atoms with Gasteiger partial charge in [-0.25, -0.2) is 9.37 Å². The molecule has 0 spiro atoms. The Kier molecular flexibility index (Phi) is 7.93. The summed E-state index contributed by atoms with van der Waals surface area (Å²) in [5, 5.41) is 24.1. The molecule has 1 aliphatic rings. The number of aliphatic hydroxyl groups is 1. The van der Waals surface area contributed by atoms with Crippen LogP contribution in [-0.4, -0.2) is 81.1 Å². The van der Waals surface area contributed by atoms with Crippen LogP contribution in [0.2, 0.25) is 0 Å². The molecule has 0 bridgehead atoms. The molecule has 4 rings (SSSR count). The molecule has 2 N–H and O–H groups in total. The Morgan fingerprint density at radius 2 is 2.08 bits per heavy atom. The Morgan fingerprint density at radius 3 is 2.81 bits per heavy atom. The number of ketones is 1. The average molecular weight is 500 g/mol. The lowest BCUT2D eigenvalue weighted by Crippen LogP contribution is -2.43. The number of tetrazole rings is 1. The van der Waals surface area contributed by atoms with Crippen molar-refractivity contribution in [2.75, 3.05) is 26.9 Å². The molecule has 0 unspecified atom stereocenters. The minimum Gasteiger partial charge on any atom is -0.494 e. The molecule has 2 atom stereocenters. The smallest absolute Gasteiger partial charge is 0.270 e. The van der Waals surface area contributed by atoms with E-state index in [1.54, 1.807) is 25.1 Å². The number of aryl methyl sites for hydroxylation is 1. The number of nitrogens with one attached hydrogen (secondary N) is 1. The van der Waals surface area contributed by atoms with Gasteiger partial charge in [0, 0.05) is 17.8 Å². The van der Waals surface area contributed by atoms with Crippen molar-refractivity contribution in [2.24, 2.45) is 0 Å². The molecule has 1 saturated heterocycles.